The lowest BCUT2D eigenvalue weighted by molar-refractivity contribution is 0.302. The summed E-state index contributed by atoms with van der Waals surface area (Å²) in [7, 11) is 0. The molecule has 0 bridgehead atoms. The average molecular weight is 170 g/mol. The van der Waals surface area contributed by atoms with Crippen molar-refractivity contribution in [2.45, 2.75) is 64.1 Å². The standard InChI is InChI=1S/C10H22N2/c1-3-8(2)12-10-7-5-4-6-9(10)11/h8-10,12H,3-7,11H2,1-2H3/t8?,9-,10-/m1/s1. The molecule has 72 valence electrons. The summed E-state index contributed by atoms with van der Waals surface area (Å²) in [6, 6.07) is 1.60. The number of hydrogen-bond donors (Lipinski definition) is 2. The molecule has 3 atom stereocenters. The molecular formula is C10H22N2. The van der Waals surface area contributed by atoms with Crippen LogP contribution in [0.2, 0.25) is 0 Å². The van der Waals surface area contributed by atoms with Crippen LogP contribution in [0.25, 0.3) is 0 Å². The van der Waals surface area contributed by atoms with E-state index in [-0.39, 0.29) is 0 Å². The Bertz CT molecular complexity index is 125. The van der Waals surface area contributed by atoms with Gasteiger partial charge >= 0.3 is 0 Å². The summed E-state index contributed by atoms with van der Waals surface area (Å²) in [5, 5.41) is 3.59. The highest BCUT2D eigenvalue weighted by Gasteiger charge is 2.21. The molecule has 0 aliphatic heterocycles. The molecule has 1 rings (SSSR count). The summed E-state index contributed by atoms with van der Waals surface area (Å²) < 4.78 is 0. The van der Waals surface area contributed by atoms with Crippen molar-refractivity contribution < 1.29 is 0 Å². The molecule has 1 fully saturated rings. The van der Waals surface area contributed by atoms with Crippen LogP contribution in [-0.4, -0.2) is 18.1 Å². The smallest absolute Gasteiger partial charge is 0.0221 e. The van der Waals surface area contributed by atoms with E-state index in [2.05, 4.69) is 19.2 Å². The molecule has 0 amide bonds. The number of nitrogens with two attached hydrogens (primary N) is 1. The van der Waals surface area contributed by atoms with Crippen LogP contribution in [-0.2, 0) is 0 Å². The third-order valence-electron chi connectivity index (χ3n) is 2.93. The Kier molecular flexibility index (Phi) is 4.02. The van der Waals surface area contributed by atoms with E-state index in [0.29, 0.717) is 18.1 Å². The summed E-state index contributed by atoms with van der Waals surface area (Å²) in [6.45, 7) is 4.45. The summed E-state index contributed by atoms with van der Waals surface area (Å²) in [6.07, 6.45) is 6.34. The van der Waals surface area contributed by atoms with Gasteiger partial charge in [0.05, 0.1) is 0 Å². The highest BCUT2D eigenvalue weighted by molar-refractivity contribution is 4.84. The van der Waals surface area contributed by atoms with Crippen molar-refractivity contribution in [2.24, 2.45) is 5.73 Å². The van der Waals surface area contributed by atoms with Crippen LogP contribution < -0.4 is 11.1 Å². The van der Waals surface area contributed by atoms with Gasteiger partial charge in [-0.15, -0.1) is 0 Å². The molecule has 1 aliphatic rings. The zero-order valence-corrected chi connectivity index (χ0v) is 8.34. The van der Waals surface area contributed by atoms with Crippen molar-refractivity contribution in [3.05, 3.63) is 0 Å². The second kappa shape index (κ2) is 4.83. The Hall–Kier alpha value is -0.0800. The highest BCUT2D eigenvalue weighted by atomic mass is 15.0. The van der Waals surface area contributed by atoms with Gasteiger partial charge in [0.1, 0.15) is 0 Å². The van der Waals surface area contributed by atoms with Crippen LogP contribution in [0.1, 0.15) is 46.0 Å². The van der Waals surface area contributed by atoms with Crippen LogP contribution in [0.3, 0.4) is 0 Å². The largest absolute Gasteiger partial charge is 0.326 e. The van der Waals surface area contributed by atoms with Gasteiger partial charge in [-0.05, 0) is 26.2 Å². The topological polar surface area (TPSA) is 38.0 Å². The molecule has 3 N–H and O–H groups in total. The van der Waals surface area contributed by atoms with Gasteiger partial charge in [-0.3, -0.25) is 0 Å². The number of hydrogen-bond acceptors (Lipinski definition) is 2. The van der Waals surface area contributed by atoms with E-state index >= 15 is 0 Å². The monoisotopic (exact) mass is 170 g/mol. The van der Waals surface area contributed by atoms with E-state index < -0.39 is 0 Å². The maximum absolute atomic E-state index is 6.02. The Morgan fingerprint density at radius 2 is 2.08 bits per heavy atom. The maximum atomic E-state index is 6.02. The quantitative estimate of drug-likeness (QED) is 0.676. The third kappa shape index (κ3) is 2.76. The average Bonchev–Trinajstić information content (AvgIpc) is 2.09. The summed E-state index contributed by atoms with van der Waals surface area (Å²) in [4.78, 5) is 0. The lowest BCUT2D eigenvalue weighted by Gasteiger charge is -2.31. The van der Waals surface area contributed by atoms with Crippen LogP contribution in [0.15, 0.2) is 0 Å². The first kappa shape index (κ1) is 10.0. The van der Waals surface area contributed by atoms with Gasteiger partial charge in [-0.1, -0.05) is 19.8 Å². The Morgan fingerprint density at radius 1 is 1.42 bits per heavy atom. The zero-order valence-electron chi connectivity index (χ0n) is 8.34. The molecule has 0 aromatic heterocycles. The van der Waals surface area contributed by atoms with Gasteiger partial charge in [0, 0.05) is 18.1 Å². The molecule has 12 heavy (non-hydrogen) atoms. The Labute approximate surface area is 75.9 Å². The van der Waals surface area contributed by atoms with Crippen molar-refractivity contribution in [3.8, 4) is 0 Å². The van der Waals surface area contributed by atoms with E-state index in [1.807, 2.05) is 0 Å². The molecule has 1 unspecified atom stereocenters. The highest BCUT2D eigenvalue weighted by Crippen LogP contribution is 2.17. The molecule has 1 aliphatic carbocycles. The van der Waals surface area contributed by atoms with E-state index in [4.69, 9.17) is 5.73 Å². The molecule has 0 heterocycles. The van der Waals surface area contributed by atoms with E-state index in [1.165, 1.54) is 32.1 Å². The van der Waals surface area contributed by atoms with Gasteiger partial charge in [-0.2, -0.15) is 0 Å². The van der Waals surface area contributed by atoms with Crippen LogP contribution in [0.4, 0.5) is 0 Å². The fourth-order valence-electron chi connectivity index (χ4n) is 1.85. The maximum Gasteiger partial charge on any atom is 0.0221 e. The van der Waals surface area contributed by atoms with E-state index in [0.717, 1.165) is 0 Å². The second-order valence-corrected chi connectivity index (χ2v) is 4.03. The molecule has 2 heteroatoms. The fourth-order valence-corrected chi connectivity index (χ4v) is 1.85. The van der Waals surface area contributed by atoms with Gasteiger partial charge in [0.2, 0.25) is 0 Å². The molecule has 1 saturated carbocycles. The zero-order chi connectivity index (χ0) is 8.97. The molecule has 0 spiro atoms. The number of rotatable bonds is 3. The Morgan fingerprint density at radius 3 is 2.67 bits per heavy atom. The second-order valence-electron chi connectivity index (χ2n) is 4.03. The minimum Gasteiger partial charge on any atom is -0.326 e. The third-order valence-corrected chi connectivity index (χ3v) is 2.93. The molecule has 0 aromatic rings. The molecule has 0 saturated heterocycles. The lowest BCUT2D eigenvalue weighted by atomic mass is 9.90. The van der Waals surface area contributed by atoms with Crippen molar-refractivity contribution in [3.63, 3.8) is 0 Å². The van der Waals surface area contributed by atoms with Gasteiger partial charge in [0.15, 0.2) is 0 Å². The van der Waals surface area contributed by atoms with Gasteiger partial charge in [0.25, 0.3) is 0 Å². The van der Waals surface area contributed by atoms with Crippen molar-refractivity contribution in [2.75, 3.05) is 0 Å². The summed E-state index contributed by atoms with van der Waals surface area (Å²) >= 11 is 0. The van der Waals surface area contributed by atoms with E-state index in [9.17, 15) is 0 Å². The lowest BCUT2D eigenvalue weighted by Crippen LogP contribution is -2.49. The summed E-state index contributed by atoms with van der Waals surface area (Å²) in [5.74, 6) is 0. The molecule has 0 aromatic carbocycles. The van der Waals surface area contributed by atoms with Crippen LogP contribution >= 0.6 is 0 Å². The first-order valence-corrected chi connectivity index (χ1v) is 5.25. The predicted octanol–water partition coefficient (Wildman–Crippen LogP) is 1.64. The number of nitrogens with one attached hydrogen (secondary N) is 1. The molecule has 0 radical (unpaired) electrons. The fraction of sp³-hybridized carbons (Fsp3) is 1.00. The Balaban J connectivity index is 2.28. The normalized spacial score (nSPS) is 33.2. The SMILES string of the molecule is CCC(C)N[C@@H]1CCCC[C@H]1N. The minimum atomic E-state index is 0.396. The predicted molar refractivity (Wildman–Crippen MR) is 53.1 cm³/mol. The minimum absolute atomic E-state index is 0.396. The van der Waals surface area contributed by atoms with Gasteiger partial charge in [-0.25, -0.2) is 0 Å². The van der Waals surface area contributed by atoms with Crippen molar-refractivity contribution in [1.29, 1.82) is 0 Å². The molecule has 2 nitrogen and oxygen atoms in total. The van der Waals surface area contributed by atoms with Crippen molar-refractivity contribution >= 4 is 0 Å². The van der Waals surface area contributed by atoms with E-state index in [1.54, 1.807) is 0 Å². The van der Waals surface area contributed by atoms with Crippen LogP contribution in [0.5, 0.6) is 0 Å². The van der Waals surface area contributed by atoms with Gasteiger partial charge < -0.3 is 11.1 Å². The van der Waals surface area contributed by atoms with Crippen LogP contribution in [0, 0.1) is 0 Å². The first-order chi connectivity index (χ1) is 5.74. The molecular weight excluding hydrogens is 148 g/mol. The first-order valence-electron chi connectivity index (χ1n) is 5.25. The summed E-state index contributed by atoms with van der Waals surface area (Å²) in [5.41, 5.74) is 6.02. The van der Waals surface area contributed by atoms with Crippen molar-refractivity contribution in [1.82, 2.24) is 5.32 Å².